The van der Waals surface area contributed by atoms with E-state index in [0.717, 1.165) is 6.42 Å². The molecule has 0 bridgehead atoms. The van der Waals surface area contributed by atoms with Gasteiger partial charge >= 0.3 is 5.97 Å². The van der Waals surface area contributed by atoms with E-state index in [9.17, 15) is 9.59 Å². The summed E-state index contributed by atoms with van der Waals surface area (Å²) in [5, 5.41) is 3.10. The van der Waals surface area contributed by atoms with Crippen molar-refractivity contribution in [3.63, 3.8) is 0 Å². The molecule has 0 spiro atoms. The molecule has 1 aliphatic heterocycles. The highest BCUT2D eigenvalue weighted by Gasteiger charge is 2.29. The van der Waals surface area contributed by atoms with Crippen molar-refractivity contribution in [2.75, 3.05) is 31.2 Å². The number of likely N-dealkylation sites (tertiary alicyclic amines) is 1. The number of ether oxygens (including phenoxy) is 1. The van der Waals surface area contributed by atoms with Crippen molar-refractivity contribution in [2.24, 2.45) is 0 Å². The standard InChI is InChI=1S/C14H19N3O3/c1-3-20-14(19)9-4-5-10(15)12(8-9)16-11-6-7-17(2)13(11)18/h4-5,8,11,16H,3,6-7,15H2,1-2H3. The number of nitrogen functional groups attached to an aromatic ring is 1. The molecule has 1 amide bonds. The zero-order valence-electron chi connectivity index (χ0n) is 11.7. The predicted octanol–water partition coefficient (Wildman–Crippen LogP) is 1.09. The average molecular weight is 277 g/mol. The molecule has 1 aromatic carbocycles. The Morgan fingerprint density at radius 2 is 2.30 bits per heavy atom. The molecular formula is C14H19N3O3. The summed E-state index contributed by atoms with van der Waals surface area (Å²) in [6.45, 7) is 2.78. The summed E-state index contributed by atoms with van der Waals surface area (Å²) in [6.07, 6.45) is 0.721. The van der Waals surface area contributed by atoms with Gasteiger partial charge in [0.25, 0.3) is 0 Å². The number of hydrogen-bond acceptors (Lipinski definition) is 5. The third-order valence-corrected chi connectivity index (χ3v) is 3.32. The molecule has 0 aliphatic carbocycles. The minimum atomic E-state index is -0.398. The molecule has 20 heavy (non-hydrogen) atoms. The first-order valence-corrected chi connectivity index (χ1v) is 6.61. The zero-order chi connectivity index (χ0) is 14.7. The van der Waals surface area contributed by atoms with Crippen LogP contribution < -0.4 is 11.1 Å². The van der Waals surface area contributed by atoms with E-state index in [4.69, 9.17) is 10.5 Å². The van der Waals surface area contributed by atoms with Gasteiger partial charge in [-0.15, -0.1) is 0 Å². The minimum absolute atomic E-state index is 0.0333. The van der Waals surface area contributed by atoms with Crippen LogP contribution in [-0.4, -0.2) is 43.0 Å². The first-order chi connectivity index (χ1) is 9.52. The number of hydrogen-bond donors (Lipinski definition) is 2. The maximum atomic E-state index is 11.9. The molecule has 1 fully saturated rings. The van der Waals surface area contributed by atoms with Gasteiger partial charge in [0.15, 0.2) is 0 Å². The molecule has 3 N–H and O–H groups in total. The van der Waals surface area contributed by atoms with Crippen molar-refractivity contribution in [1.29, 1.82) is 0 Å². The molecule has 6 heteroatoms. The molecule has 0 aromatic heterocycles. The molecule has 0 saturated carbocycles. The summed E-state index contributed by atoms with van der Waals surface area (Å²) >= 11 is 0. The lowest BCUT2D eigenvalue weighted by atomic mass is 10.1. The molecule has 6 nitrogen and oxygen atoms in total. The van der Waals surface area contributed by atoms with E-state index in [1.807, 2.05) is 0 Å². The second kappa shape index (κ2) is 5.81. The molecule has 1 unspecified atom stereocenters. The summed E-state index contributed by atoms with van der Waals surface area (Å²) in [5.74, 6) is -0.364. The number of carbonyl (C=O) groups is 2. The maximum absolute atomic E-state index is 11.9. The number of rotatable bonds is 4. The van der Waals surface area contributed by atoms with Crippen LogP contribution in [-0.2, 0) is 9.53 Å². The summed E-state index contributed by atoms with van der Waals surface area (Å²) in [7, 11) is 1.77. The number of likely N-dealkylation sites (N-methyl/N-ethyl adjacent to an activating group) is 1. The first-order valence-electron chi connectivity index (χ1n) is 6.61. The summed E-state index contributed by atoms with van der Waals surface area (Å²) in [6, 6.07) is 4.58. The number of esters is 1. The van der Waals surface area contributed by atoms with Crippen LogP contribution >= 0.6 is 0 Å². The Morgan fingerprint density at radius 1 is 1.55 bits per heavy atom. The normalized spacial score (nSPS) is 18.2. The highest BCUT2D eigenvalue weighted by Crippen LogP contribution is 2.24. The molecular weight excluding hydrogens is 258 g/mol. The van der Waals surface area contributed by atoms with Crippen molar-refractivity contribution in [3.05, 3.63) is 23.8 Å². The Bertz CT molecular complexity index is 530. The molecule has 2 rings (SSSR count). The van der Waals surface area contributed by atoms with Crippen LogP contribution in [0.1, 0.15) is 23.7 Å². The van der Waals surface area contributed by atoms with Crippen molar-refractivity contribution < 1.29 is 14.3 Å². The average Bonchev–Trinajstić information content (AvgIpc) is 2.73. The smallest absolute Gasteiger partial charge is 0.338 e. The van der Waals surface area contributed by atoms with E-state index in [1.54, 1.807) is 37.1 Å². The quantitative estimate of drug-likeness (QED) is 0.635. The highest BCUT2D eigenvalue weighted by atomic mass is 16.5. The van der Waals surface area contributed by atoms with Gasteiger partial charge in [-0.3, -0.25) is 4.79 Å². The predicted molar refractivity (Wildman–Crippen MR) is 76.5 cm³/mol. The Labute approximate surface area is 117 Å². The topological polar surface area (TPSA) is 84.7 Å². The Kier molecular flexibility index (Phi) is 4.12. The van der Waals surface area contributed by atoms with Gasteiger partial charge in [0, 0.05) is 13.6 Å². The molecule has 1 aromatic rings. The van der Waals surface area contributed by atoms with Gasteiger partial charge in [-0.25, -0.2) is 4.79 Å². The summed E-state index contributed by atoms with van der Waals surface area (Å²) in [5.41, 5.74) is 7.39. The van der Waals surface area contributed by atoms with Crippen LogP contribution in [0, 0.1) is 0 Å². The van der Waals surface area contributed by atoms with Crippen LogP contribution in [0.2, 0.25) is 0 Å². The summed E-state index contributed by atoms with van der Waals surface area (Å²) < 4.78 is 4.95. The fourth-order valence-electron chi connectivity index (χ4n) is 2.17. The van der Waals surface area contributed by atoms with Gasteiger partial charge < -0.3 is 20.7 Å². The minimum Gasteiger partial charge on any atom is -0.462 e. The Hall–Kier alpha value is -2.24. The van der Waals surface area contributed by atoms with E-state index >= 15 is 0 Å². The lowest BCUT2D eigenvalue weighted by Crippen LogP contribution is -2.31. The van der Waals surface area contributed by atoms with E-state index in [-0.39, 0.29) is 11.9 Å². The Morgan fingerprint density at radius 3 is 2.90 bits per heavy atom. The molecule has 1 atom stereocenters. The molecule has 1 heterocycles. The Balaban J connectivity index is 2.17. The van der Waals surface area contributed by atoms with Crippen LogP contribution in [0.5, 0.6) is 0 Å². The lowest BCUT2D eigenvalue weighted by molar-refractivity contribution is -0.127. The van der Waals surface area contributed by atoms with Crippen molar-refractivity contribution in [1.82, 2.24) is 4.90 Å². The molecule has 1 saturated heterocycles. The second-order valence-electron chi connectivity index (χ2n) is 4.77. The molecule has 1 aliphatic rings. The van der Waals surface area contributed by atoms with E-state index in [1.165, 1.54) is 0 Å². The van der Waals surface area contributed by atoms with Gasteiger partial charge in [-0.2, -0.15) is 0 Å². The number of carbonyl (C=O) groups excluding carboxylic acids is 2. The number of benzene rings is 1. The summed E-state index contributed by atoms with van der Waals surface area (Å²) in [4.78, 5) is 25.2. The third-order valence-electron chi connectivity index (χ3n) is 3.32. The van der Waals surface area contributed by atoms with Crippen molar-refractivity contribution in [2.45, 2.75) is 19.4 Å². The van der Waals surface area contributed by atoms with Gasteiger partial charge in [-0.05, 0) is 31.5 Å². The fourth-order valence-corrected chi connectivity index (χ4v) is 2.17. The van der Waals surface area contributed by atoms with Crippen LogP contribution in [0.3, 0.4) is 0 Å². The van der Waals surface area contributed by atoms with Crippen LogP contribution in [0.15, 0.2) is 18.2 Å². The number of amides is 1. The monoisotopic (exact) mass is 277 g/mol. The molecule has 108 valence electrons. The van der Waals surface area contributed by atoms with E-state index < -0.39 is 5.97 Å². The highest BCUT2D eigenvalue weighted by molar-refractivity contribution is 5.93. The molecule has 0 radical (unpaired) electrons. The largest absolute Gasteiger partial charge is 0.462 e. The van der Waals surface area contributed by atoms with Crippen LogP contribution in [0.25, 0.3) is 0 Å². The maximum Gasteiger partial charge on any atom is 0.338 e. The van der Waals surface area contributed by atoms with Gasteiger partial charge in [0.2, 0.25) is 5.91 Å². The lowest BCUT2D eigenvalue weighted by Gasteiger charge is -2.16. The van der Waals surface area contributed by atoms with Gasteiger partial charge in [0.1, 0.15) is 6.04 Å². The third kappa shape index (κ3) is 2.84. The zero-order valence-corrected chi connectivity index (χ0v) is 11.7. The first kappa shape index (κ1) is 14.2. The number of nitrogens with two attached hydrogens (primary N) is 1. The van der Waals surface area contributed by atoms with Gasteiger partial charge in [0.05, 0.1) is 23.5 Å². The SMILES string of the molecule is CCOC(=O)c1ccc(N)c(NC2CCN(C)C2=O)c1. The van der Waals surface area contributed by atoms with Crippen molar-refractivity contribution >= 4 is 23.3 Å². The van der Waals surface area contributed by atoms with Gasteiger partial charge in [-0.1, -0.05) is 0 Å². The van der Waals surface area contributed by atoms with Crippen LogP contribution in [0.4, 0.5) is 11.4 Å². The second-order valence-corrected chi connectivity index (χ2v) is 4.77. The number of anilines is 2. The van der Waals surface area contributed by atoms with E-state index in [2.05, 4.69) is 5.32 Å². The number of nitrogens with one attached hydrogen (secondary N) is 1. The van der Waals surface area contributed by atoms with E-state index in [0.29, 0.717) is 30.1 Å². The fraction of sp³-hybridized carbons (Fsp3) is 0.429. The van der Waals surface area contributed by atoms with Crippen molar-refractivity contribution in [3.8, 4) is 0 Å². The number of nitrogens with zero attached hydrogens (tertiary/aromatic N) is 1.